The van der Waals surface area contributed by atoms with Crippen LogP contribution in [0.3, 0.4) is 0 Å². The lowest BCUT2D eigenvalue weighted by Crippen LogP contribution is -2.03. The second kappa shape index (κ2) is 5.28. The van der Waals surface area contributed by atoms with Crippen molar-refractivity contribution in [3.8, 4) is 5.75 Å². The summed E-state index contributed by atoms with van der Waals surface area (Å²) in [5.41, 5.74) is 2.51. The molecule has 0 amide bonds. The Morgan fingerprint density at radius 3 is 2.81 bits per heavy atom. The van der Waals surface area contributed by atoms with Crippen LogP contribution in [0.1, 0.15) is 21.7 Å². The molecule has 2 heterocycles. The molecule has 0 saturated carbocycles. The summed E-state index contributed by atoms with van der Waals surface area (Å²) in [4.78, 5) is 15.5. The fourth-order valence-electron chi connectivity index (χ4n) is 2.18. The SMILES string of the molecule is Cc1ccccc1OCc1cn2c(C(=O)O)cccc2n1. The first-order valence-electron chi connectivity index (χ1n) is 6.54. The van der Waals surface area contributed by atoms with Crippen LogP contribution in [-0.4, -0.2) is 20.5 Å². The first kappa shape index (κ1) is 13.2. The fraction of sp³-hybridized carbons (Fsp3) is 0.125. The van der Waals surface area contributed by atoms with Crippen molar-refractivity contribution in [1.82, 2.24) is 9.38 Å². The quantitative estimate of drug-likeness (QED) is 0.799. The van der Waals surface area contributed by atoms with E-state index in [9.17, 15) is 4.79 Å². The average Bonchev–Trinajstić information content (AvgIpc) is 2.88. The number of aromatic nitrogens is 2. The van der Waals surface area contributed by atoms with Gasteiger partial charge in [-0.05, 0) is 30.7 Å². The Hall–Kier alpha value is -2.82. The lowest BCUT2D eigenvalue weighted by Gasteiger charge is -2.06. The molecule has 21 heavy (non-hydrogen) atoms. The molecule has 5 heteroatoms. The molecule has 2 aromatic heterocycles. The minimum Gasteiger partial charge on any atom is -0.487 e. The largest absolute Gasteiger partial charge is 0.487 e. The maximum atomic E-state index is 11.2. The van der Waals surface area contributed by atoms with E-state index in [0.717, 1.165) is 11.3 Å². The minimum absolute atomic E-state index is 0.183. The highest BCUT2D eigenvalue weighted by Gasteiger charge is 2.10. The highest BCUT2D eigenvalue weighted by atomic mass is 16.5. The number of carbonyl (C=O) groups is 1. The van der Waals surface area contributed by atoms with Gasteiger partial charge in [-0.3, -0.25) is 4.40 Å². The van der Waals surface area contributed by atoms with E-state index in [4.69, 9.17) is 9.84 Å². The van der Waals surface area contributed by atoms with Gasteiger partial charge in [0.25, 0.3) is 0 Å². The van der Waals surface area contributed by atoms with E-state index < -0.39 is 5.97 Å². The fourth-order valence-corrected chi connectivity index (χ4v) is 2.18. The molecule has 5 nitrogen and oxygen atoms in total. The standard InChI is InChI=1S/C16H14N2O3/c1-11-5-2-3-7-14(11)21-10-12-9-18-13(16(19)20)6-4-8-15(18)17-12/h2-9H,10H2,1H3,(H,19,20). The summed E-state index contributed by atoms with van der Waals surface area (Å²) in [6.45, 7) is 2.27. The molecule has 3 aromatic rings. The molecule has 0 unspecified atom stereocenters. The number of benzene rings is 1. The Kier molecular flexibility index (Phi) is 3.31. The summed E-state index contributed by atoms with van der Waals surface area (Å²) >= 11 is 0. The van der Waals surface area contributed by atoms with Gasteiger partial charge in [0.15, 0.2) is 0 Å². The van der Waals surface area contributed by atoms with Crippen molar-refractivity contribution in [2.75, 3.05) is 0 Å². The second-order valence-electron chi connectivity index (χ2n) is 4.73. The number of fused-ring (bicyclic) bond motifs is 1. The zero-order chi connectivity index (χ0) is 14.8. The lowest BCUT2D eigenvalue weighted by molar-refractivity contribution is 0.0689. The van der Waals surface area contributed by atoms with Crippen LogP contribution in [0.25, 0.3) is 5.65 Å². The first-order chi connectivity index (χ1) is 10.1. The van der Waals surface area contributed by atoms with E-state index in [1.54, 1.807) is 28.8 Å². The molecule has 0 aliphatic rings. The highest BCUT2D eigenvalue weighted by Crippen LogP contribution is 2.18. The molecule has 0 radical (unpaired) electrons. The molecule has 0 aliphatic carbocycles. The number of aryl methyl sites for hydroxylation is 1. The van der Waals surface area contributed by atoms with Crippen LogP contribution in [0.15, 0.2) is 48.7 Å². The Balaban J connectivity index is 1.87. The monoisotopic (exact) mass is 282 g/mol. The number of carboxylic acids is 1. The van der Waals surface area contributed by atoms with Crippen LogP contribution >= 0.6 is 0 Å². The molecule has 0 aliphatic heterocycles. The normalized spacial score (nSPS) is 10.7. The second-order valence-corrected chi connectivity index (χ2v) is 4.73. The molecule has 0 fully saturated rings. The molecule has 1 N–H and O–H groups in total. The maximum Gasteiger partial charge on any atom is 0.352 e. The predicted octanol–water partition coefficient (Wildman–Crippen LogP) is 2.92. The van der Waals surface area contributed by atoms with E-state index in [1.165, 1.54) is 0 Å². The summed E-state index contributed by atoms with van der Waals surface area (Å²) in [6, 6.07) is 12.7. The zero-order valence-corrected chi connectivity index (χ0v) is 11.5. The number of hydrogen-bond acceptors (Lipinski definition) is 3. The van der Waals surface area contributed by atoms with Crippen molar-refractivity contribution in [3.63, 3.8) is 0 Å². The van der Waals surface area contributed by atoms with Crippen molar-refractivity contribution >= 4 is 11.6 Å². The van der Waals surface area contributed by atoms with Crippen molar-refractivity contribution in [2.24, 2.45) is 0 Å². The van der Waals surface area contributed by atoms with Crippen molar-refractivity contribution in [1.29, 1.82) is 0 Å². The zero-order valence-electron chi connectivity index (χ0n) is 11.5. The van der Waals surface area contributed by atoms with Crippen LogP contribution in [-0.2, 0) is 6.61 Å². The molecular weight excluding hydrogens is 268 g/mol. The van der Waals surface area contributed by atoms with E-state index in [-0.39, 0.29) is 5.69 Å². The molecule has 0 saturated heterocycles. The summed E-state index contributed by atoms with van der Waals surface area (Å²) in [5, 5.41) is 9.16. The molecule has 0 bridgehead atoms. The molecule has 0 spiro atoms. The number of carboxylic acid groups (broad SMARTS) is 1. The molecule has 1 aromatic carbocycles. The topological polar surface area (TPSA) is 63.8 Å². The summed E-state index contributed by atoms with van der Waals surface area (Å²) < 4.78 is 7.28. The summed E-state index contributed by atoms with van der Waals surface area (Å²) in [7, 11) is 0. The van der Waals surface area contributed by atoms with Crippen LogP contribution in [0.4, 0.5) is 0 Å². The Morgan fingerprint density at radius 2 is 2.05 bits per heavy atom. The van der Waals surface area contributed by atoms with Gasteiger partial charge in [-0.25, -0.2) is 9.78 Å². The van der Waals surface area contributed by atoms with Gasteiger partial charge in [-0.2, -0.15) is 0 Å². The average molecular weight is 282 g/mol. The van der Waals surface area contributed by atoms with Gasteiger partial charge in [0.2, 0.25) is 0 Å². The molecule has 0 atom stereocenters. The summed E-state index contributed by atoms with van der Waals surface area (Å²) in [6.07, 6.45) is 1.69. The van der Waals surface area contributed by atoms with Crippen molar-refractivity contribution < 1.29 is 14.6 Å². The summed E-state index contributed by atoms with van der Waals surface area (Å²) in [5.74, 6) is -0.183. The first-order valence-corrected chi connectivity index (χ1v) is 6.54. The van der Waals surface area contributed by atoms with Gasteiger partial charge in [0.05, 0.1) is 5.69 Å². The third kappa shape index (κ3) is 2.58. The lowest BCUT2D eigenvalue weighted by atomic mass is 10.2. The molecular formula is C16H14N2O3. The maximum absolute atomic E-state index is 11.2. The number of para-hydroxylation sites is 1. The number of nitrogens with zero attached hydrogens (tertiary/aromatic N) is 2. The molecule has 106 valence electrons. The van der Waals surface area contributed by atoms with Gasteiger partial charge in [0.1, 0.15) is 23.7 Å². The van der Waals surface area contributed by atoms with Crippen molar-refractivity contribution in [2.45, 2.75) is 13.5 Å². The number of pyridine rings is 1. The van der Waals surface area contributed by atoms with Gasteiger partial charge in [-0.1, -0.05) is 24.3 Å². The number of rotatable bonds is 4. The molecule has 3 rings (SSSR count). The van der Waals surface area contributed by atoms with E-state index in [0.29, 0.717) is 17.9 Å². The number of ether oxygens (including phenoxy) is 1. The highest BCUT2D eigenvalue weighted by molar-refractivity contribution is 5.86. The van der Waals surface area contributed by atoms with Gasteiger partial charge < -0.3 is 9.84 Å². The number of imidazole rings is 1. The smallest absolute Gasteiger partial charge is 0.352 e. The van der Waals surface area contributed by atoms with Crippen LogP contribution in [0.5, 0.6) is 5.75 Å². The third-order valence-corrected chi connectivity index (χ3v) is 3.23. The number of aromatic carboxylic acids is 1. The van der Waals surface area contributed by atoms with E-state index >= 15 is 0 Å². The van der Waals surface area contributed by atoms with Crippen molar-refractivity contribution in [3.05, 3.63) is 65.6 Å². The minimum atomic E-state index is -0.982. The Labute approximate surface area is 121 Å². The Morgan fingerprint density at radius 1 is 1.24 bits per heavy atom. The van der Waals surface area contributed by atoms with E-state index in [1.807, 2.05) is 31.2 Å². The van der Waals surface area contributed by atoms with E-state index in [2.05, 4.69) is 4.98 Å². The predicted molar refractivity (Wildman–Crippen MR) is 77.7 cm³/mol. The van der Waals surface area contributed by atoms with Gasteiger partial charge in [0, 0.05) is 6.20 Å². The number of hydrogen-bond donors (Lipinski definition) is 1. The van der Waals surface area contributed by atoms with Gasteiger partial charge in [-0.15, -0.1) is 0 Å². The van der Waals surface area contributed by atoms with Crippen LogP contribution in [0.2, 0.25) is 0 Å². The van der Waals surface area contributed by atoms with Crippen LogP contribution in [0, 0.1) is 6.92 Å². The Bertz CT molecular complexity index is 808. The van der Waals surface area contributed by atoms with Crippen LogP contribution < -0.4 is 4.74 Å². The van der Waals surface area contributed by atoms with Gasteiger partial charge >= 0.3 is 5.97 Å². The third-order valence-electron chi connectivity index (χ3n) is 3.23.